The third kappa shape index (κ3) is 21.9. The van der Waals surface area contributed by atoms with Gasteiger partial charge in [-0.3, -0.25) is 18.9 Å². The summed E-state index contributed by atoms with van der Waals surface area (Å²) in [6.45, 7) is 4.11. The molecule has 0 saturated heterocycles. The fourth-order valence-electron chi connectivity index (χ4n) is 1.97. The number of carbonyl (C=O) groups is 4. The molecule has 0 aliphatic rings. The van der Waals surface area contributed by atoms with Gasteiger partial charge in [-0.05, 0) is 13.8 Å². The molecule has 0 aliphatic heterocycles. The van der Waals surface area contributed by atoms with E-state index in [9.17, 15) is 28.6 Å². The standard InChI is InChI=1S/C19H34NO14P/c1-14(2)33-19(24)29-10-9-27-7-8-28-13-18(23)20-5-6-31-35(25,26)32-12-17(34-16(4)22)11-30-15(3)21/h14,17H,5-13H2,1-4H3,(H,20,23)(H,25,26)/p-1/t17-/m1/s1. The van der Waals surface area contributed by atoms with Gasteiger partial charge in [0.15, 0.2) is 6.10 Å². The van der Waals surface area contributed by atoms with Gasteiger partial charge in [0, 0.05) is 20.4 Å². The van der Waals surface area contributed by atoms with Crippen LogP contribution < -0.4 is 10.2 Å². The molecule has 1 unspecified atom stereocenters. The fraction of sp³-hybridized carbons (Fsp3) is 0.789. The number of amides is 1. The van der Waals surface area contributed by atoms with Gasteiger partial charge < -0.3 is 47.7 Å². The van der Waals surface area contributed by atoms with E-state index < -0.39 is 57.7 Å². The Balaban J connectivity index is 3.86. The Morgan fingerprint density at radius 3 is 2.11 bits per heavy atom. The van der Waals surface area contributed by atoms with Gasteiger partial charge in [-0.1, -0.05) is 0 Å². The van der Waals surface area contributed by atoms with Crippen LogP contribution in [0.15, 0.2) is 0 Å². The van der Waals surface area contributed by atoms with E-state index in [2.05, 4.69) is 19.1 Å². The molecule has 15 nitrogen and oxygen atoms in total. The largest absolute Gasteiger partial charge is 0.756 e. The summed E-state index contributed by atoms with van der Waals surface area (Å²) in [5, 5.41) is 2.37. The van der Waals surface area contributed by atoms with Crippen LogP contribution in [-0.4, -0.2) is 95.6 Å². The SMILES string of the molecule is CC(=O)OC[C@H](COP(=O)([O-])OCCNC(=O)COCCOCCOC(=O)OC(C)C)OC(C)=O. The average Bonchev–Trinajstić information content (AvgIpc) is 2.74. The molecular weight excluding hydrogens is 497 g/mol. The highest BCUT2D eigenvalue weighted by molar-refractivity contribution is 7.45. The van der Waals surface area contributed by atoms with E-state index in [0.717, 1.165) is 13.8 Å². The molecule has 0 saturated carbocycles. The first-order valence-corrected chi connectivity index (χ1v) is 12.0. The third-order valence-corrected chi connectivity index (χ3v) is 4.25. The first-order valence-electron chi connectivity index (χ1n) is 10.6. The molecule has 0 fully saturated rings. The van der Waals surface area contributed by atoms with Gasteiger partial charge in [0.2, 0.25) is 5.91 Å². The van der Waals surface area contributed by atoms with Crippen LogP contribution in [0.4, 0.5) is 4.79 Å². The molecule has 1 amide bonds. The minimum Gasteiger partial charge on any atom is -0.756 e. The normalized spacial score (nSPS) is 13.4. The maximum Gasteiger partial charge on any atom is 0.508 e. The molecule has 0 aromatic rings. The highest BCUT2D eigenvalue weighted by atomic mass is 31.2. The van der Waals surface area contributed by atoms with Gasteiger partial charge in [0.05, 0.1) is 39.1 Å². The summed E-state index contributed by atoms with van der Waals surface area (Å²) in [4.78, 5) is 56.4. The first kappa shape index (κ1) is 32.7. The Bertz CT molecular complexity index is 701. The van der Waals surface area contributed by atoms with Crippen LogP contribution in [0.5, 0.6) is 0 Å². The van der Waals surface area contributed by atoms with Crippen molar-refractivity contribution in [1.29, 1.82) is 0 Å². The summed E-state index contributed by atoms with van der Waals surface area (Å²) in [5.74, 6) is -1.89. The number of carbonyl (C=O) groups excluding carboxylic acids is 4. The summed E-state index contributed by atoms with van der Waals surface area (Å²) >= 11 is 0. The van der Waals surface area contributed by atoms with Gasteiger partial charge in [-0.25, -0.2) is 4.79 Å². The Kier molecular flexibility index (Phi) is 17.7. The van der Waals surface area contributed by atoms with E-state index in [1.165, 1.54) is 0 Å². The van der Waals surface area contributed by atoms with Crippen LogP contribution in [-0.2, 0) is 56.4 Å². The van der Waals surface area contributed by atoms with Crippen molar-refractivity contribution in [2.45, 2.75) is 39.9 Å². The molecule has 0 aromatic carbocycles. The lowest BCUT2D eigenvalue weighted by Gasteiger charge is -2.25. The lowest BCUT2D eigenvalue weighted by molar-refractivity contribution is -0.228. The second kappa shape index (κ2) is 19.0. The van der Waals surface area contributed by atoms with Crippen molar-refractivity contribution in [1.82, 2.24) is 5.32 Å². The Hall–Kier alpha value is -2.29. The van der Waals surface area contributed by atoms with Crippen molar-refractivity contribution in [3.8, 4) is 0 Å². The Labute approximate surface area is 203 Å². The van der Waals surface area contributed by atoms with E-state index in [1.54, 1.807) is 13.8 Å². The summed E-state index contributed by atoms with van der Waals surface area (Å²) in [6.07, 6.45) is -2.21. The van der Waals surface area contributed by atoms with Crippen LogP contribution in [0.2, 0.25) is 0 Å². The molecule has 204 valence electrons. The quantitative estimate of drug-likeness (QED) is 0.0988. The summed E-state index contributed by atoms with van der Waals surface area (Å²) in [5.41, 5.74) is 0. The molecule has 0 heterocycles. The van der Waals surface area contributed by atoms with Gasteiger partial charge in [-0.2, -0.15) is 0 Å². The van der Waals surface area contributed by atoms with Crippen LogP contribution in [0.25, 0.3) is 0 Å². The van der Waals surface area contributed by atoms with Crippen molar-refractivity contribution >= 4 is 31.8 Å². The summed E-state index contributed by atoms with van der Waals surface area (Å²) in [6, 6.07) is 0. The predicted octanol–water partition coefficient (Wildman–Crippen LogP) is -0.306. The van der Waals surface area contributed by atoms with Crippen molar-refractivity contribution in [2.24, 2.45) is 0 Å². The minimum absolute atomic E-state index is 0.00985. The van der Waals surface area contributed by atoms with Crippen molar-refractivity contribution in [2.75, 3.05) is 59.4 Å². The monoisotopic (exact) mass is 530 g/mol. The van der Waals surface area contributed by atoms with Crippen molar-refractivity contribution in [3.63, 3.8) is 0 Å². The van der Waals surface area contributed by atoms with Crippen LogP contribution >= 0.6 is 7.82 Å². The molecular formula is C19H33NO14P-. The number of ether oxygens (including phenoxy) is 6. The molecule has 0 radical (unpaired) electrons. The minimum atomic E-state index is -4.77. The molecule has 0 spiro atoms. The molecule has 0 bridgehead atoms. The maximum absolute atomic E-state index is 11.8. The molecule has 0 rings (SSSR count). The van der Waals surface area contributed by atoms with Crippen LogP contribution in [0, 0.1) is 0 Å². The van der Waals surface area contributed by atoms with Gasteiger partial charge in [-0.15, -0.1) is 0 Å². The lowest BCUT2D eigenvalue weighted by Crippen LogP contribution is -2.32. The van der Waals surface area contributed by atoms with E-state index in [0.29, 0.717) is 0 Å². The number of esters is 2. The topological polar surface area (TPSA) is 194 Å². The average molecular weight is 530 g/mol. The van der Waals surface area contributed by atoms with Gasteiger partial charge in [0.25, 0.3) is 7.82 Å². The van der Waals surface area contributed by atoms with Crippen molar-refractivity contribution < 1.29 is 66.1 Å². The first-order chi connectivity index (χ1) is 16.4. The molecule has 2 atom stereocenters. The Morgan fingerprint density at radius 1 is 0.829 bits per heavy atom. The highest BCUT2D eigenvalue weighted by Gasteiger charge is 2.19. The van der Waals surface area contributed by atoms with E-state index >= 15 is 0 Å². The summed E-state index contributed by atoms with van der Waals surface area (Å²) < 4.78 is 50.1. The highest BCUT2D eigenvalue weighted by Crippen LogP contribution is 2.38. The molecule has 1 N–H and O–H groups in total. The summed E-state index contributed by atoms with van der Waals surface area (Å²) in [7, 11) is -4.77. The number of hydrogen-bond acceptors (Lipinski definition) is 14. The fourth-order valence-corrected chi connectivity index (χ4v) is 2.71. The number of hydrogen-bond donors (Lipinski definition) is 1. The van der Waals surface area contributed by atoms with E-state index in [1.807, 2.05) is 0 Å². The van der Waals surface area contributed by atoms with Gasteiger partial charge in [0.1, 0.15) is 19.8 Å². The van der Waals surface area contributed by atoms with Crippen molar-refractivity contribution in [3.05, 3.63) is 0 Å². The second-order valence-electron chi connectivity index (χ2n) is 6.89. The van der Waals surface area contributed by atoms with Crippen LogP contribution in [0.3, 0.4) is 0 Å². The molecule has 0 aliphatic carbocycles. The number of phosphoric acid groups is 1. The van der Waals surface area contributed by atoms with E-state index in [-0.39, 0.29) is 45.7 Å². The smallest absolute Gasteiger partial charge is 0.508 e. The number of nitrogens with one attached hydrogen (secondary N) is 1. The zero-order chi connectivity index (χ0) is 26.7. The zero-order valence-corrected chi connectivity index (χ0v) is 21.1. The number of phosphoric ester groups is 1. The van der Waals surface area contributed by atoms with Gasteiger partial charge >= 0.3 is 18.1 Å². The molecule has 0 aromatic heterocycles. The zero-order valence-electron chi connectivity index (χ0n) is 20.2. The second-order valence-corrected chi connectivity index (χ2v) is 8.30. The lowest BCUT2D eigenvalue weighted by atomic mass is 10.4. The Morgan fingerprint density at radius 2 is 1.49 bits per heavy atom. The molecule has 16 heteroatoms. The van der Waals surface area contributed by atoms with E-state index in [4.69, 9.17) is 23.7 Å². The predicted molar refractivity (Wildman–Crippen MR) is 114 cm³/mol. The molecule has 35 heavy (non-hydrogen) atoms. The third-order valence-electron chi connectivity index (χ3n) is 3.28. The van der Waals surface area contributed by atoms with Crippen LogP contribution in [0.1, 0.15) is 27.7 Å². The maximum atomic E-state index is 11.8. The number of rotatable bonds is 19.